The van der Waals surface area contributed by atoms with Gasteiger partial charge in [0.1, 0.15) is 0 Å². The Balaban J connectivity index is 1.31. The SMILES string of the molecule is Cc1cccc(N2CCN(CCCNC(=O)C3CC(O)CN3)CC2)c1. The van der Waals surface area contributed by atoms with E-state index in [1.807, 2.05) is 0 Å². The topological polar surface area (TPSA) is 67.8 Å². The van der Waals surface area contributed by atoms with Crippen LogP contribution in [-0.4, -0.2) is 73.9 Å². The molecule has 0 aliphatic carbocycles. The highest BCUT2D eigenvalue weighted by Crippen LogP contribution is 2.17. The molecule has 2 unspecified atom stereocenters. The molecule has 1 amide bonds. The van der Waals surface area contributed by atoms with E-state index in [2.05, 4.69) is 51.6 Å². The number of aryl methyl sites for hydroxylation is 1. The predicted molar refractivity (Wildman–Crippen MR) is 99.9 cm³/mol. The summed E-state index contributed by atoms with van der Waals surface area (Å²) >= 11 is 0. The molecule has 1 aromatic rings. The highest BCUT2D eigenvalue weighted by atomic mass is 16.3. The van der Waals surface area contributed by atoms with Crippen LogP contribution < -0.4 is 15.5 Å². The van der Waals surface area contributed by atoms with E-state index < -0.39 is 0 Å². The fourth-order valence-corrected chi connectivity index (χ4v) is 3.61. The van der Waals surface area contributed by atoms with Gasteiger partial charge >= 0.3 is 0 Å². The summed E-state index contributed by atoms with van der Waals surface area (Å²) in [6.45, 7) is 8.61. The van der Waals surface area contributed by atoms with Crippen LogP contribution in [0, 0.1) is 6.92 Å². The van der Waals surface area contributed by atoms with Crippen molar-refractivity contribution >= 4 is 11.6 Å². The van der Waals surface area contributed by atoms with Crippen LogP contribution in [0.25, 0.3) is 0 Å². The van der Waals surface area contributed by atoms with Crippen molar-refractivity contribution in [3.8, 4) is 0 Å². The number of carbonyl (C=O) groups excluding carboxylic acids is 1. The second-order valence-corrected chi connectivity index (χ2v) is 7.16. The number of anilines is 1. The van der Waals surface area contributed by atoms with Crippen LogP contribution in [0.15, 0.2) is 24.3 Å². The zero-order valence-corrected chi connectivity index (χ0v) is 15.1. The van der Waals surface area contributed by atoms with E-state index in [1.165, 1.54) is 11.3 Å². The predicted octanol–water partition coefficient (Wildman–Crippen LogP) is 0.346. The number of aliphatic hydroxyl groups is 1. The lowest BCUT2D eigenvalue weighted by atomic mass is 10.2. The number of amides is 1. The van der Waals surface area contributed by atoms with E-state index in [4.69, 9.17) is 0 Å². The number of rotatable bonds is 6. The minimum atomic E-state index is -0.388. The molecular formula is C19H30N4O2. The summed E-state index contributed by atoms with van der Waals surface area (Å²) in [5, 5.41) is 15.5. The second kappa shape index (κ2) is 8.65. The Morgan fingerprint density at radius 2 is 2.12 bits per heavy atom. The molecule has 6 heteroatoms. The monoisotopic (exact) mass is 346 g/mol. The Bertz CT molecular complexity index is 572. The first-order valence-corrected chi connectivity index (χ1v) is 9.35. The molecule has 0 radical (unpaired) electrons. The van der Waals surface area contributed by atoms with Gasteiger partial charge in [0, 0.05) is 45.0 Å². The maximum absolute atomic E-state index is 12.0. The van der Waals surface area contributed by atoms with Crippen molar-refractivity contribution in [3.63, 3.8) is 0 Å². The van der Waals surface area contributed by atoms with Crippen LogP contribution in [0.1, 0.15) is 18.4 Å². The van der Waals surface area contributed by atoms with Crippen molar-refractivity contribution in [2.24, 2.45) is 0 Å². The molecule has 2 atom stereocenters. The van der Waals surface area contributed by atoms with Gasteiger partial charge < -0.3 is 20.6 Å². The van der Waals surface area contributed by atoms with Crippen molar-refractivity contribution in [1.29, 1.82) is 0 Å². The van der Waals surface area contributed by atoms with Crippen molar-refractivity contribution in [2.75, 3.05) is 50.7 Å². The molecule has 3 rings (SSSR count). The molecule has 3 N–H and O–H groups in total. The Hall–Kier alpha value is -1.63. The first-order chi connectivity index (χ1) is 12.1. The van der Waals surface area contributed by atoms with Crippen LogP contribution in [-0.2, 0) is 4.79 Å². The Labute approximate surface area is 150 Å². The maximum Gasteiger partial charge on any atom is 0.237 e. The third kappa shape index (κ3) is 5.17. The number of nitrogens with zero attached hydrogens (tertiary/aromatic N) is 2. The second-order valence-electron chi connectivity index (χ2n) is 7.16. The molecular weight excluding hydrogens is 316 g/mol. The number of nitrogens with one attached hydrogen (secondary N) is 2. The average Bonchev–Trinajstić information content (AvgIpc) is 3.06. The average molecular weight is 346 g/mol. The number of hydrogen-bond donors (Lipinski definition) is 3. The van der Waals surface area contributed by atoms with Gasteiger partial charge in [0.05, 0.1) is 12.1 Å². The summed E-state index contributed by atoms with van der Waals surface area (Å²) in [6, 6.07) is 8.46. The summed E-state index contributed by atoms with van der Waals surface area (Å²) in [7, 11) is 0. The highest BCUT2D eigenvalue weighted by Gasteiger charge is 2.27. The van der Waals surface area contributed by atoms with Crippen molar-refractivity contribution in [1.82, 2.24) is 15.5 Å². The van der Waals surface area contributed by atoms with Crippen LogP contribution in [0.3, 0.4) is 0 Å². The van der Waals surface area contributed by atoms with Crippen molar-refractivity contribution in [2.45, 2.75) is 31.9 Å². The summed E-state index contributed by atoms with van der Waals surface area (Å²) in [4.78, 5) is 16.9. The fourth-order valence-electron chi connectivity index (χ4n) is 3.61. The summed E-state index contributed by atoms with van der Waals surface area (Å²) in [6.07, 6.45) is 1.10. The lowest BCUT2D eigenvalue weighted by Gasteiger charge is -2.36. The smallest absolute Gasteiger partial charge is 0.237 e. The lowest BCUT2D eigenvalue weighted by molar-refractivity contribution is -0.122. The largest absolute Gasteiger partial charge is 0.392 e. The van der Waals surface area contributed by atoms with Crippen molar-refractivity contribution < 1.29 is 9.90 Å². The maximum atomic E-state index is 12.0. The van der Waals surface area contributed by atoms with Gasteiger partial charge in [-0.1, -0.05) is 12.1 Å². The lowest BCUT2D eigenvalue weighted by Crippen LogP contribution is -2.47. The van der Waals surface area contributed by atoms with Crippen LogP contribution >= 0.6 is 0 Å². The Morgan fingerprint density at radius 1 is 1.32 bits per heavy atom. The number of β-amino-alcohol motifs (C(OH)–C–C–N with tert-alkyl or cyclic N) is 1. The normalized spacial score (nSPS) is 24.5. The zero-order valence-electron chi connectivity index (χ0n) is 15.1. The molecule has 2 fully saturated rings. The number of hydrogen-bond acceptors (Lipinski definition) is 5. The van der Waals surface area contributed by atoms with Gasteiger partial charge in [-0.05, 0) is 44.0 Å². The molecule has 25 heavy (non-hydrogen) atoms. The fraction of sp³-hybridized carbons (Fsp3) is 0.632. The van der Waals surface area contributed by atoms with E-state index in [9.17, 15) is 9.90 Å². The van der Waals surface area contributed by atoms with E-state index in [0.717, 1.165) is 39.1 Å². The molecule has 0 bridgehead atoms. The third-order valence-corrected chi connectivity index (χ3v) is 5.11. The van der Waals surface area contributed by atoms with Crippen LogP contribution in [0.2, 0.25) is 0 Å². The standard InChI is InChI=1S/C19H30N4O2/c1-15-4-2-5-16(12-15)23-10-8-22(9-11-23)7-3-6-20-19(25)18-13-17(24)14-21-18/h2,4-5,12,17-18,21,24H,3,6-11,13-14H2,1H3,(H,20,25). The molecule has 1 aromatic carbocycles. The molecule has 6 nitrogen and oxygen atoms in total. The van der Waals surface area contributed by atoms with Crippen LogP contribution in [0.4, 0.5) is 5.69 Å². The highest BCUT2D eigenvalue weighted by molar-refractivity contribution is 5.82. The van der Waals surface area contributed by atoms with Gasteiger partial charge in [-0.2, -0.15) is 0 Å². The molecule has 2 aliphatic rings. The molecule has 0 aromatic heterocycles. The number of carbonyl (C=O) groups is 1. The summed E-state index contributed by atoms with van der Waals surface area (Å²) in [5.74, 6) is 0.0146. The van der Waals surface area contributed by atoms with Gasteiger partial charge in [-0.25, -0.2) is 0 Å². The van der Waals surface area contributed by atoms with E-state index in [1.54, 1.807) is 0 Å². The van der Waals surface area contributed by atoms with Gasteiger partial charge in [-0.3, -0.25) is 9.69 Å². The Morgan fingerprint density at radius 3 is 2.80 bits per heavy atom. The minimum Gasteiger partial charge on any atom is -0.392 e. The van der Waals surface area contributed by atoms with E-state index >= 15 is 0 Å². The molecule has 0 spiro atoms. The zero-order chi connectivity index (χ0) is 17.6. The summed E-state index contributed by atoms with van der Waals surface area (Å²) < 4.78 is 0. The number of benzene rings is 1. The van der Waals surface area contributed by atoms with Gasteiger partial charge in [-0.15, -0.1) is 0 Å². The first-order valence-electron chi connectivity index (χ1n) is 9.35. The summed E-state index contributed by atoms with van der Waals surface area (Å²) in [5.41, 5.74) is 2.62. The third-order valence-electron chi connectivity index (χ3n) is 5.11. The van der Waals surface area contributed by atoms with Gasteiger partial charge in [0.15, 0.2) is 0 Å². The van der Waals surface area contributed by atoms with E-state index in [0.29, 0.717) is 19.5 Å². The number of piperazine rings is 1. The molecule has 2 heterocycles. The number of aliphatic hydroxyl groups excluding tert-OH is 1. The van der Waals surface area contributed by atoms with Gasteiger partial charge in [0.25, 0.3) is 0 Å². The van der Waals surface area contributed by atoms with E-state index in [-0.39, 0.29) is 18.1 Å². The first kappa shape index (κ1) is 18.2. The Kier molecular flexibility index (Phi) is 6.29. The molecule has 138 valence electrons. The van der Waals surface area contributed by atoms with Crippen LogP contribution in [0.5, 0.6) is 0 Å². The van der Waals surface area contributed by atoms with Gasteiger partial charge in [0.2, 0.25) is 5.91 Å². The molecule has 2 aliphatic heterocycles. The molecule has 0 saturated carbocycles. The minimum absolute atomic E-state index is 0.0146. The molecule has 2 saturated heterocycles. The quantitative estimate of drug-likeness (QED) is 0.649. The van der Waals surface area contributed by atoms with Crippen molar-refractivity contribution in [3.05, 3.63) is 29.8 Å².